The van der Waals surface area contributed by atoms with Gasteiger partial charge in [-0.1, -0.05) is 32.0 Å². The van der Waals surface area contributed by atoms with E-state index in [1.54, 1.807) is 36.5 Å². The molecule has 2 amide bonds. The molecule has 166 valence electrons. The van der Waals surface area contributed by atoms with Crippen molar-refractivity contribution in [1.29, 1.82) is 0 Å². The Labute approximate surface area is 180 Å². The molecule has 0 saturated heterocycles. The number of carbonyl (C=O) groups excluding carboxylic acids is 3. The number of carbonyl (C=O) groups is 4. The Morgan fingerprint density at radius 1 is 1.19 bits per heavy atom. The van der Waals surface area contributed by atoms with E-state index in [2.05, 4.69) is 21.0 Å². The molecule has 2 atom stereocenters. The first kappa shape index (κ1) is 23.6. The quantitative estimate of drug-likeness (QED) is 0.362. The van der Waals surface area contributed by atoms with E-state index in [1.807, 2.05) is 13.8 Å². The topological polar surface area (TPSA) is 142 Å². The van der Waals surface area contributed by atoms with Gasteiger partial charge in [-0.25, -0.2) is 9.78 Å². The molecule has 10 nitrogen and oxygen atoms in total. The van der Waals surface area contributed by atoms with Gasteiger partial charge in [0.15, 0.2) is 0 Å². The molecule has 0 aliphatic carbocycles. The van der Waals surface area contributed by atoms with E-state index in [4.69, 9.17) is 0 Å². The Morgan fingerprint density at radius 3 is 2.52 bits per heavy atom. The SMILES string of the molecule is CC(C)C[C@H](Nn1cnc(C[C@@H](C=O)NC(=O)CNC(=O)c2ccccc2)c1)C(=O)O. The number of carboxylic acid groups (broad SMARTS) is 1. The lowest BCUT2D eigenvalue weighted by molar-refractivity contribution is -0.138. The highest BCUT2D eigenvalue weighted by molar-refractivity contribution is 5.96. The van der Waals surface area contributed by atoms with Crippen LogP contribution in [-0.2, 0) is 20.8 Å². The summed E-state index contributed by atoms with van der Waals surface area (Å²) < 4.78 is 1.43. The summed E-state index contributed by atoms with van der Waals surface area (Å²) in [6.07, 6.45) is 4.12. The molecule has 10 heteroatoms. The summed E-state index contributed by atoms with van der Waals surface area (Å²) >= 11 is 0. The fraction of sp³-hybridized carbons (Fsp3) is 0.381. The minimum Gasteiger partial charge on any atom is -0.480 e. The van der Waals surface area contributed by atoms with Gasteiger partial charge in [0, 0.05) is 18.2 Å². The summed E-state index contributed by atoms with van der Waals surface area (Å²) in [7, 11) is 0. The zero-order chi connectivity index (χ0) is 22.8. The van der Waals surface area contributed by atoms with E-state index < -0.39 is 29.9 Å². The minimum atomic E-state index is -0.973. The summed E-state index contributed by atoms with van der Waals surface area (Å²) in [5.74, 6) is -1.69. The maximum atomic E-state index is 12.1. The molecule has 0 radical (unpaired) electrons. The normalized spacial score (nSPS) is 12.6. The predicted molar refractivity (Wildman–Crippen MR) is 113 cm³/mol. The number of nitrogens with zero attached hydrogens (tertiary/aromatic N) is 2. The first-order valence-corrected chi connectivity index (χ1v) is 9.88. The molecule has 1 aromatic carbocycles. The van der Waals surface area contributed by atoms with E-state index in [0.29, 0.717) is 24.0 Å². The van der Waals surface area contributed by atoms with Gasteiger partial charge in [-0.15, -0.1) is 0 Å². The second-order valence-corrected chi connectivity index (χ2v) is 7.48. The average molecular weight is 429 g/mol. The van der Waals surface area contributed by atoms with Gasteiger partial charge < -0.3 is 26.0 Å². The van der Waals surface area contributed by atoms with Gasteiger partial charge in [-0.2, -0.15) is 0 Å². The highest BCUT2D eigenvalue weighted by atomic mass is 16.4. The molecule has 0 aliphatic rings. The van der Waals surface area contributed by atoms with Crippen molar-refractivity contribution >= 4 is 24.1 Å². The Morgan fingerprint density at radius 2 is 1.90 bits per heavy atom. The van der Waals surface area contributed by atoms with Crippen LogP contribution in [0.1, 0.15) is 36.3 Å². The van der Waals surface area contributed by atoms with Crippen LogP contribution in [0.3, 0.4) is 0 Å². The lowest BCUT2D eigenvalue weighted by Gasteiger charge is -2.17. The fourth-order valence-electron chi connectivity index (χ4n) is 2.87. The van der Waals surface area contributed by atoms with Crippen LogP contribution < -0.4 is 16.1 Å². The second-order valence-electron chi connectivity index (χ2n) is 7.48. The lowest BCUT2D eigenvalue weighted by atomic mass is 10.0. The van der Waals surface area contributed by atoms with Crippen molar-refractivity contribution in [1.82, 2.24) is 20.3 Å². The van der Waals surface area contributed by atoms with Gasteiger partial charge in [0.2, 0.25) is 5.91 Å². The summed E-state index contributed by atoms with van der Waals surface area (Å²) in [6, 6.07) is 6.84. The van der Waals surface area contributed by atoms with Gasteiger partial charge in [0.05, 0.1) is 18.3 Å². The molecule has 2 aromatic rings. The van der Waals surface area contributed by atoms with E-state index in [1.165, 1.54) is 11.0 Å². The van der Waals surface area contributed by atoms with Gasteiger partial charge in [0.25, 0.3) is 5.91 Å². The largest absolute Gasteiger partial charge is 0.480 e. The minimum absolute atomic E-state index is 0.123. The van der Waals surface area contributed by atoms with Crippen LogP contribution in [0.5, 0.6) is 0 Å². The van der Waals surface area contributed by atoms with Crippen LogP contribution in [0.25, 0.3) is 0 Å². The van der Waals surface area contributed by atoms with Gasteiger partial charge in [-0.3, -0.25) is 14.3 Å². The van der Waals surface area contributed by atoms with Crippen molar-refractivity contribution in [3.8, 4) is 0 Å². The van der Waals surface area contributed by atoms with Crippen LogP contribution in [0.15, 0.2) is 42.9 Å². The van der Waals surface area contributed by atoms with E-state index >= 15 is 0 Å². The fourth-order valence-corrected chi connectivity index (χ4v) is 2.87. The zero-order valence-corrected chi connectivity index (χ0v) is 17.4. The number of rotatable bonds is 12. The van der Waals surface area contributed by atoms with Crippen molar-refractivity contribution in [2.24, 2.45) is 5.92 Å². The Hall–Kier alpha value is -3.69. The number of imidazole rings is 1. The number of aldehydes is 1. The lowest BCUT2D eigenvalue weighted by Crippen LogP contribution is -2.43. The number of carboxylic acids is 1. The summed E-state index contributed by atoms with van der Waals surface area (Å²) in [5.41, 5.74) is 3.76. The van der Waals surface area contributed by atoms with Crippen LogP contribution >= 0.6 is 0 Å². The van der Waals surface area contributed by atoms with Crippen LogP contribution in [0.4, 0.5) is 0 Å². The van der Waals surface area contributed by atoms with Crippen molar-refractivity contribution in [2.45, 2.75) is 38.8 Å². The highest BCUT2D eigenvalue weighted by Crippen LogP contribution is 2.07. The number of hydrogen-bond donors (Lipinski definition) is 4. The molecule has 0 unspecified atom stereocenters. The molecule has 0 bridgehead atoms. The predicted octanol–water partition coefficient (Wildman–Crippen LogP) is 0.582. The molecule has 4 N–H and O–H groups in total. The Kier molecular flexibility index (Phi) is 8.74. The maximum Gasteiger partial charge on any atom is 0.327 e. The van der Waals surface area contributed by atoms with E-state index in [-0.39, 0.29) is 18.9 Å². The van der Waals surface area contributed by atoms with Crippen molar-refractivity contribution in [2.75, 3.05) is 12.0 Å². The third-order valence-corrected chi connectivity index (χ3v) is 4.33. The second kappa shape index (κ2) is 11.5. The molecule has 0 aliphatic heterocycles. The highest BCUT2D eigenvalue weighted by Gasteiger charge is 2.20. The molecule has 1 aromatic heterocycles. The smallest absolute Gasteiger partial charge is 0.327 e. The Bertz CT molecular complexity index is 897. The average Bonchev–Trinajstić information content (AvgIpc) is 3.18. The number of benzene rings is 1. The summed E-state index contributed by atoms with van der Waals surface area (Å²) in [6.45, 7) is 3.58. The summed E-state index contributed by atoms with van der Waals surface area (Å²) in [5, 5.41) is 14.3. The monoisotopic (exact) mass is 429 g/mol. The van der Waals surface area contributed by atoms with E-state index in [0.717, 1.165) is 0 Å². The molecule has 0 spiro atoms. The van der Waals surface area contributed by atoms with Crippen molar-refractivity contribution in [3.05, 3.63) is 54.1 Å². The van der Waals surface area contributed by atoms with Crippen molar-refractivity contribution in [3.63, 3.8) is 0 Å². The Balaban J connectivity index is 1.85. The van der Waals surface area contributed by atoms with Crippen molar-refractivity contribution < 1.29 is 24.3 Å². The molecule has 31 heavy (non-hydrogen) atoms. The number of hydrogen-bond acceptors (Lipinski definition) is 6. The maximum absolute atomic E-state index is 12.1. The molecule has 0 fully saturated rings. The number of aliphatic carboxylic acids is 1. The third-order valence-electron chi connectivity index (χ3n) is 4.33. The molecular weight excluding hydrogens is 402 g/mol. The summed E-state index contributed by atoms with van der Waals surface area (Å²) in [4.78, 5) is 50.9. The number of amides is 2. The first-order valence-electron chi connectivity index (χ1n) is 9.88. The van der Waals surface area contributed by atoms with Gasteiger partial charge in [-0.05, 0) is 24.5 Å². The van der Waals surface area contributed by atoms with Crippen LogP contribution in [0, 0.1) is 5.92 Å². The molecular formula is C21H27N5O5. The first-order chi connectivity index (χ1) is 14.8. The van der Waals surface area contributed by atoms with Crippen LogP contribution in [0.2, 0.25) is 0 Å². The van der Waals surface area contributed by atoms with E-state index in [9.17, 15) is 24.3 Å². The third kappa shape index (κ3) is 7.92. The number of aromatic nitrogens is 2. The zero-order valence-electron chi connectivity index (χ0n) is 17.4. The number of nitrogens with one attached hydrogen (secondary N) is 3. The molecule has 2 rings (SSSR count). The van der Waals surface area contributed by atoms with Gasteiger partial charge >= 0.3 is 5.97 Å². The molecule has 0 saturated carbocycles. The molecule has 1 heterocycles. The van der Waals surface area contributed by atoms with Crippen LogP contribution in [-0.4, -0.2) is 57.5 Å². The van der Waals surface area contributed by atoms with Gasteiger partial charge in [0.1, 0.15) is 18.7 Å². The standard InChI is InChI=1S/C21H27N5O5/c1-14(2)8-18(21(30)31)25-26-11-16(23-13-26)9-17(12-27)24-19(28)10-22-20(29)15-6-4-3-5-7-15/h3-7,11-14,17-18,25H,8-10H2,1-2H3,(H,22,29)(H,24,28)(H,30,31)/t17-,18-/m0/s1.